The van der Waals surface area contributed by atoms with Gasteiger partial charge in [-0.25, -0.2) is 9.67 Å². The number of rotatable bonds is 5. The number of aromatic amines is 1. The highest BCUT2D eigenvalue weighted by molar-refractivity contribution is 5.76. The van der Waals surface area contributed by atoms with Crippen LogP contribution in [0, 0.1) is 0 Å². The van der Waals surface area contributed by atoms with E-state index in [1.54, 1.807) is 4.68 Å². The van der Waals surface area contributed by atoms with Crippen molar-refractivity contribution in [2.75, 3.05) is 26.2 Å². The normalized spacial score (nSPS) is 16.3. The lowest BCUT2D eigenvalue weighted by Crippen LogP contribution is -2.48. The van der Waals surface area contributed by atoms with Crippen molar-refractivity contribution in [3.63, 3.8) is 0 Å². The highest BCUT2D eigenvalue weighted by Gasteiger charge is 2.21. The topological polar surface area (TPSA) is 109 Å². The van der Waals surface area contributed by atoms with Crippen LogP contribution < -0.4 is 0 Å². The molecular weight excluding hydrogens is 274 g/mol. The summed E-state index contributed by atoms with van der Waals surface area (Å²) in [5, 5.41) is 17.5. The second kappa shape index (κ2) is 6.39. The third-order valence-electron chi connectivity index (χ3n) is 3.51. The number of aryl methyl sites for hydroxylation is 1. The quantitative estimate of drug-likeness (QED) is 0.716. The van der Waals surface area contributed by atoms with E-state index in [4.69, 9.17) is 0 Å². The van der Waals surface area contributed by atoms with Crippen LogP contribution in [0.3, 0.4) is 0 Å². The maximum Gasteiger partial charge on any atom is 0.224 e. The zero-order valence-electron chi connectivity index (χ0n) is 11.6. The molecule has 0 atom stereocenters. The van der Waals surface area contributed by atoms with Crippen LogP contribution in [-0.2, 0) is 17.9 Å². The summed E-state index contributed by atoms with van der Waals surface area (Å²) in [6, 6.07) is 0. The lowest BCUT2D eigenvalue weighted by molar-refractivity contribution is -0.133. The van der Waals surface area contributed by atoms with Gasteiger partial charge < -0.3 is 4.90 Å². The zero-order chi connectivity index (χ0) is 14.5. The fraction of sp³-hybridized carbons (Fsp3) is 0.636. The van der Waals surface area contributed by atoms with E-state index in [2.05, 4.69) is 35.6 Å². The molecule has 10 nitrogen and oxygen atoms in total. The third-order valence-corrected chi connectivity index (χ3v) is 3.51. The average Bonchev–Trinajstić information content (AvgIpc) is 3.19. The molecule has 0 aliphatic carbocycles. The molecule has 112 valence electrons. The Hall–Kier alpha value is -2.36. The highest BCUT2D eigenvalue weighted by atomic mass is 16.2. The van der Waals surface area contributed by atoms with Crippen LogP contribution in [0.1, 0.15) is 12.2 Å². The van der Waals surface area contributed by atoms with Gasteiger partial charge in [0.15, 0.2) is 0 Å². The number of piperazine rings is 1. The van der Waals surface area contributed by atoms with Gasteiger partial charge in [0.05, 0.1) is 13.1 Å². The van der Waals surface area contributed by atoms with E-state index in [0.717, 1.165) is 38.5 Å². The maximum atomic E-state index is 12.1. The molecule has 1 aliphatic rings. The second-order valence-electron chi connectivity index (χ2n) is 4.91. The van der Waals surface area contributed by atoms with E-state index in [1.165, 1.54) is 12.7 Å². The summed E-state index contributed by atoms with van der Waals surface area (Å²) in [6.07, 6.45) is 3.45. The zero-order valence-corrected chi connectivity index (χ0v) is 11.6. The van der Waals surface area contributed by atoms with E-state index in [0.29, 0.717) is 13.0 Å². The molecule has 2 aromatic rings. The molecule has 21 heavy (non-hydrogen) atoms. The van der Waals surface area contributed by atoms with Crippen molar-refractivity contribution < 1.29 is 4.79 Å². The molecule has 0 saturated carbocycles. The van der Waals surface area contributed by atoms with Gasteiger partial charge in [0, 0.05) is 32.6 Å². The molecule has 0 unspecified atom stereocenters. The van der Waals surface area contributed by atoms with Gasteiger partial charge in [0.1, 0.15) is 18.5 Å². The highest BCUT2D eigenvalue weighted by Crippen LogP contribution is 2.06. The molecule has 1 saturated heterocycles. The minimum Gasteiger partial charge on any atom is -0.340 e. The van der Waals surface area contributed by atoms with Crippen LogP contribution in [-0.4, -0.2) is 77.3 Å². The number of tetrazole rings is 1. The van der Waals surface area contributed by atoms with Crippen molar-refractivity contribution in [3.8, 4) is 0 Å². The van der Waals surface area contributed by atoms with E-state index >= 15 is 0 Å². The Morgan fingerprint density at radius 3 is 2.81 bits per heavy atom. The van der Waals surface area contributed by atoms with Gasteiger partial charge in [-0.1, -0.05) is 0 Å². The van der Waals surface area contributed by atoms with Gasteiger partial charge in [-0.2, -0.15) is 5.10 Å². The number of hydrogen-bond acceptors (Lipinski definition) is 7. The summed E-state index contributed by atoms with van der Waals surface area (Å²) in [5.41, 5.74) is 0. The van der Waals surface area contributed by atoms with Gasteiger partial charge >= 0.3 is 0 Å². The molecular formula is C11H17N9O. The van der Waals surface area contributed by atoms with E-state index < -0.39 is 0 Å². The van der Waals surface area contributed by atoms with Crippen LogP contribution in [0.4, 0.5) is 0 Å². The van der Waals surface area contributed by atoms with Crippen LogP contribution >= 0.6 is 0 Å². The standard InChI is InChI=1S/C11H17N9O/c21-11(1-2-20-9-14-16-17-20)19-5-3-18(4-6-19)7-10-12-8-13-15-10/h8-9H,1-7H2,(H,12,13,15). The summed E-state index contributed by atoms with van der Waals surface area (Å²) in [4.78, 5) is 20.4. The first-order chi connectivity index (χ1) is 10.3. The summed E-state index contributed by atoms with van der Waals surface area (Å²) in [6.45, 7) is 4.43. The number of carbonyl (C=O) groups is 1. The summed E-state index contributed by atoms with van der Waals surface area (Å²) < 4.78 is 1.57. The Labute approximate surface area is 121 Å². The second-order valence-corrected chi connectivity index (χ2v) is 4.91. The molecule has 1 N–H and O–H groups in total. The number of hydrogen-bond donors (Lipinski definition) is 1. The molecule has 0 spiro atoms. The fourth-order valence-electron chi connectivity index (χ4n) is 2.33. The van der Waals surface area contributed by atoms with Crippen LogP contribution in [0.15, 0.2) is 12.7 Å². The Balaban J connectivity index is 1.41. The first kappa shape index (κ1) is 13.6. The number of H-pyrrole nitrogens is 1. The van der Waals surface area contributed by atoms with Crippen molar-refractivity contribution in [2.24, 2.45) is 0 Å². The van der Waals surface area contributed by atoms with Gasteiger partial charge in [0.25, 0.3) is 0 Å². The van der Waals surface area contributed by atoms with Gasteiger partial charge in [-0.15, -0.1) is 5.10 Å². The monoisotopic (exact) mass is 291 g/mol. The van der Waals surface area contributed by atoms with Crippen LogP contribution in [0.25, 0.3) is 0 Å². The summed E-state index contributed by atoms with van der Waals surface area (Å²) >= 11 is 0. The lowest BCUT2D eigenvalue weighted by Gasteiger charge is -2.34. The van der Waals surface area contributed by atoms with E-state index in [9.17, 15) is 4.79 Å². The SMILES string of the molecule is O=C(CCn1cnnn1)N1CCN(Cc2ncn[nH]2)CC1. The number of nitrogens with one attached hydrogen (secondary N) is 1. The number of carbonyl (C=O) groups excluding carboxylic acids is 1. The van der Waals surface area contributed by atoms with Crippen molar-refractivity contribution in [1.29, 1.82) is 0 Å². The van der Waals surface area contributed by atoms with E-state index in [1.807, 2.05) is 4.90 Å². The molecule has 0 aromatic carbocycles. The van der Waals surface area contributed by atoms with Gasteiger partial charge in [-0.05, 0) is 10.4 Å². The predicted octanol–water partition coefficient (Wildman–Crippen LogP) is -1.47. The van der Waals surface area contributed by atoms with Crippen molar-refractivity contribution in [3.05, 3.63) is 18.5 Å². The molecule has 0 radical (unpaired) electrons. The van der Waals surface area contributed by atoms with Crippen LogP contribution in [0.2, 0.25) is 0 Å². The number of aromatic nitrogens is 7. The summed E-state index contributed by atoms with van der Waals surface area (Å²) in [5.74, 6) is 0.998. The molecule has 3 rings (SSSR count). The Morgan fingerprint density at radius 2 is 2.14 bits per heavy atom. The lowest BCUT2D eigenvalue weighted by atomic mass is 10.2. The van der Waals surface area contributed by atoms with Crippen molar-refractivity contribution >= 4 is 5.91 Å². The molecule has 3 heterocycles. The predicted molar refractivity (Wildman–Crippen MR) is 70.7 cm³/mol. The van der Waals surface area contributed by atoms with Crippen LogP contribution in [0.5, 0.6) is 0 Å². The van der Waals surface area contributed by atoms with Gasteiger partial charge in [-0.3, -0.25) is 14.8 Å². The summed E-state index contributed by atoms with van der Waals surface area (Å²) in [7, 11) is 0. The first-order valence-electron chi connectivity index (χ1n) is 6.86. The Morgan fingerprint density at radius 1 is 1.29 bits per heavy atom. The van der Waals surface area contributed by atoms with E-state index in [-0.39, 0.29) is 5.91 Å². The van der Waals surface area contributed by atoms with Crippen molar-refractivity contribution in [1.82, 2.24) is 45.2 Å². The maximum absolute atomic E-state index is 12.1. The third kappa shape index (κ3) is 3.60. The van der Waals surface area contributed by atoms with Crippen molar-refractivity contribution in [2.45, 2.75) is 19.5 Å². The molecule has 1 amide bonds. The minimum atomic E-state index is 0.143. The van der Waals surface area contributed by atoms with Gasteiger partial charge in [0.2, 0.25) is 5.91 Å². The largest absolute Gasteiger partial charge is 0.340 e. The average molecular weight is 291 g/mol. The molecule has 1 fully saturated rings. The molecule has 0 bridgehead atoms. The molecule has 10 heteroatoms. The number of amides is 1. The first-order valence-corrected chi connectivity index (χ1v) is 6.86. The number of nitrogens with zero attached hydrogens (tertiary/aromatic N) is 8. The smallest absolute Gasteiger partial charge is 0.224 e. The Bertz CT molecular complexity index is 544. The fourth-order valence-corrected chi connectivity index (χ4v) is 2.33. The Kier molecular flexibility index (Phi) is 4.15. The molecule has 1 aliphatic heterocycles. The molecule has 2 aromatic heterocycles. The minimum absolute atomic E-state index is 0.143.